The van der Waals surface area contributed by atoms with E-state index in [2.05, 4.69) is 0 Å². The summed E-state index contributed by atoms with van der Waals surface area (Å²) in [5, 5.41) is 11.4. The molecule has 3 rings (SSSR count). The molecule has 3 nitrogen and oxygen atoms in total. The van der Waals surface area contributed by atoms with E-state index in [4.69, 9.17) is 0 Å². The van der Waals surface area contributed by atoms with Crippen LogP contribution in [0, 0.1) is 0 Å². The van der Waals surface area contributed by atoms with Crippen molar-refractivity contribution in [2.24, 2.45) is 0 Å². The van der Waals surface area contributed by atoms with Crippen molar-refractivity contribution in [3.8, 4) is 0 Å². The largest absolute Gasteiger partial charge is 0.478 e. The Balaban J connectivity index is 2.71. The number of hydrogen-bond donors (Lipinski definition) is 1. The number of fused-ring (bicyclic) bond motifs is 2. The van der Waals surface area contributed by atoms with E-state index in [0.717, 1.165) is 0 Å². The van der Waals surface area contributed by atoms with Crippen molar-refractivity contribution in [3.63, 3.8) is 0 Å². The van der Waals surface area contributed by atoms with E-state index in [1.54, 1.807) is 54.6 Å². The summed E-state index contributed by atoms with van der Waals surface area (Å²) < 4.78 is 0. The summed E-state index contributed by atoms with van der Waals surface area (Å²) in [6, 6.07) is 15.4. The number of aromatic carboxylic acids is 1. The highest BCUT2D eigenvalue weighted by atomic mass is 16.4. The molecule has 0 aromatic heterocycles. The summed E-state index contributed by atoms with van der Waals surface area (Å²) in [4.78, 5) is 23.9. The van der Waals surface area contributed by atoms with Gasteiger partial charge in [0, 0.05) is 16.2 Å². The first-order valence-corrected chi connectivity index (χ1v) is 5.86. The second-order valence-electron chi connectivity index (χ2n) is 4.33. The molecular formula is C16H10O3. The maximum atomic E-state index is 12.5. The van der Waals surface area contributed by atoms with Gasteiger partial charge in [-0.2, -0.15) is 0 Å². The van der Waals surface area contributed by atoms with E-state index in [0.29, 0.717) is 21.5 Å². The van der Waals surface area contributed by atoms with Gasteiger partial charge in [-0.15, -0.1) is 0 Å². The van der Waals surface area contributed by atoms with Gasteiger partial charge in [0.25, 0.3) is 0 Å². The van der Waals surface area contributed by atoms with E-state index < -0.39 is 5.97 Å². The van der Waals surface area contributed by atoms with Gasteiger partial charge < -0.3 is 5.11 Å². The Morgan fingerprint density at radius 1 is 0.842 bits per heavy atom. The zero-order valence-electron chi connectivity index (χ0n) is 9.96. The minimum Gasteiger partial charge on any atom is -0.478 e. The SMILES string of the molecule is O=C(O)c1cc2ccccc2c(=O)c2ccccc12. The smallest absolute Gasteiger partial charge is 0.336 e. The average molecular weight is 250 g/mol. The molecule has 0 fully saturated rings. The number of hydrogen-bond acceptors (Lipinski definition) is 2. The molecule has 0 unspecified atom stereocenters. The molecule has 0 bridgehead atoms. The first-order valence-electron chi connectivity index (χ1n) is 5.86. The second-order valence-corrected chi connectivity index (χ2v) is 4.33. The Morgan fingerprint density at radius 3 is 2.11 bits per heavy atom. The fraction of sp³-hybridized carbons (Fsp3) is 0. The molecule has 0 amide bonds. The molecule has 0 saturated carbocycles. The van der Waals surface area contributed by atoms with Gasteiger partial charge in [0.1, 0.15) is 0 Å². The van der Waals surface area contributed by atoms with Crippen LogP contribution < -0.4 is 5.43 Å². The fourth-order valence-corrected chi connectivity index (χ4v) is 2.30. The molecular weight excluding hydrogens is 240 g/mol. The summed E-state index contributed by atoms with van der Waals surface area (Å²) in [6.07, 6.45) is 0. The Morgan fingerprint density at radius 2 is 1.42 bits per heavy atom. The van der Waals surface area contributed by atoms with Crippen LogP contribution in [0.15, 0.2) is 59.4 Å². The van der Waals surface area contributed by atoms with Crippen LogP contribution in [-0.2, 0) is 0 Å². The summed E-state index contributed by atoms with van der Waals surface area (Å²) in [6.45, 7) is 0. The highest BCUT2D eigenvalue weighted by Crippen LogP contribution is 2.20. The molecule has 0 spiro atoms. The molecule has 0 atom stereocenters. The number of benzene rings is 2. The molecule has 92 valence electrons. The normalized spacial score (nSPS) is 10.7. The van der Waals surface area contributed by atoms with Crippen molar-refractivity contribution in [3.05, 3.63) is 70.4 Å². The van der Waals surface area contributed by atoms with Crippen LogP contribution in [-0.4, -0.2) is 11.1 Å². The van der Waals surface area contributed by atoms with Crippen molar-refractivity contribution in [2.45, 2.75) is 0 Å². The zero-order valence-corrected chi connectivity index (χ0v) is 9.96. The summed E-state index contributed by atoms with van der Waals surface area (Å²) >= 11 is 0. The number of rotatable bonds is 1. The van der Waals surface area contributed by atoms with E-state index >= 15 is 0 Å². The standard InChI is InChI=1S/C16H10O3/c17-15-11-6-2-1-5-10(11)9-14(16(18)19)12-7-3-4-8-13(12)15/h1-9H,(H,18,19). The predicted octanol–water partition coefficient (Wildman–Crippen LogP) is 3.05. The third-order valence-corrected chi connectivity index (χ3v) is 3.20. The average Bonchev–Trinajstić information content (AvgIpc) is 2.56. The number of carboxylic acids is 1. The van der Waals surface area contributed by atoms with Crippen molar-refractivity contribution < 1.29 is 9.90 Å². The van der Waals surface area contributed by atoms with Gasteiger partial charge in [0.15, 0.2) is 5.43 Å². The Bertz CT molecular complexity index is 866. The molecule has 0 radical (unpaired) electrons. The topological polar surface area (TPSA) is 54.4 Å². The molecule has 3 aromatic carbocycles. The lowest BCUT2D eigenvalue weighted by atomic mass is 10.1. The molecule has 0 saturated heterocycles. The summed E-state index contributed by atoms with van der Waals surface area (Å²) in [7, 11) is 0. The first-order chi connectivity index (χ1) is 9.18. The number of carboxylic acid groups (broad SMARTS) is 1. The zero-order chi connectivity index (χ0) is 13.4. The monoisotopic (exact) mass is 250 g/mol. The van der Waals surface area contributed by atoms with Crippen molar-refractivity contribution >= 4 is 27.5 Å². The van der Waals surface area contributed by atoms with Gasteiger partial charge in [-0.25, -0.2) is 4.79 Å². The van der Waals surface area contributed by atoms with Gasteiger partial charge in [0.2, 0.25) is 0 Å². The van der Waals surface area contributed by atoms with Gasteiger partial charge in [0.05, 0.1) is 5.56 Å². The third-order valence-electron chi connectivity index (χ3n) is 3.20. The Labute approximate surface area is 108 Å². The maximum Gasteiger partial charge on any atom is 0.336 e. The van der Waals surface area contributed by atoms with Crippen LogP contribution in [0.1, 0.15) is 10.4 Å². The van der Waals surface area contributed by atoms with E-state index in [1.165, 1.54) is 0 Å². The van der Waals surface area contributed by atoms with Crippen LogP contribution >= 0.6 is 0 Å². The maximum absolute atomic E-state index is 12.5. The van der Waals surface area contributed by atoms with Crippen LogP contribution in [0.3, 0.4) is 0 Å². The highest BCUT2D eigenvalue weighted by molar-refractivity contribution is 6.07. The van der Waals surface area contributed by atoms with Crippen LogP contribution in [0.25, 0.3) is 21.5 Å². The second kappa shape index (κ2) is 4.21. The van der Waals surface area contributed by atoms with Gasteiger partial charge >= 0.3 is 5.97 Å². The molecule has 19 heavy (non-hydrogen) atoms. The van der Waals surface area contributed by atoms with Gasteiger partial charge in [-0.1, -0.05) is 48.5 Å². The van der Waals surface area contributed by atoms with Crippen molar-refractivity contribution in [1.82, 2.24) is 0 Å². The van der Waals surface area contributed by atoms with Gasteiger partial charge in [-0.05, 0) is 11.5 Å². The Kier molecular flexibility index (Phi) is 2.53. The molecule has 3 heteroatoms. The molecule has 0 aliphatic rings. The van der Waals surface area contributed by atoms with Crippen molar-refractivity contribution in [1.29, 1.82) is 0 Å². The molecule has 0 aliphatic heterocycles. The quantitative estimate of drug-likeness (QED) is 0.722. The van der Waals surface area contributed by atoms with Crippen LogP contribution in [0.2, 0.25) is 0 Å². The predicted molar refractivity (Wildman–Crippen MR) is 74.7 cm³/mol. The van der Waals surface area contributed by atoms with Crippen LogP contribution in [0.5, 0.6) is 0 Å². The fourth-order valence-electron chi connectivity index (χ4n) is 2.30. The number of carbonyl (C=O) groups is 1. The molecule has 0 aliphatic carbocycles. The summed E-state index contributed by atoms with van der Waals surface area (Å²) in [5.41, 5.74) is 0.00704. The van der Waals surface area contributed by atoms with E-state index in [9.17, 15) is 14.7 Å². The van der Waals surface area contributed by atoms with E-state index in [-0.39, 0.29) is 11.0 Å². The first kappa shape index (κ1) is 11.4. The van der Waals surface area contributed by atoms with Crippen LogP contribution in [0.4, 0.5) is 0 Å². The van der Waals surface area contributed by atoms with E-state index in [1.807, 2.05) is 0 Å². The van der Waals surface area contributed by atoms with Gasteiger partial charge in [-0.3, -0.25) is 4.79 Å². The van der Waals surface area contributed by atoms with Crippen molar-refractivity contribution in [2.75, 3.05) is 0 Å². The Hall–Kier alpha value is -2.68. The minimum absolute atomic E-state index is 0.140. The molecule has 3 aromatic rings. The minimum atomic E-state index is -1.03. The lowest BCUT2D eigenvalue weighted by Gasteiger charge is -1.95. The lowest BCUT2D eigenvalue weighted by molar-refractivity contribution is 0.0699. The third kappa shape index (κ3) is 1.76. The summed E-state index contributed by atoms with van der Waals surface area (Å²) in [5.74, 6) is -1.03. The molecule has 0 heterocycles. The highest BCUT2D eigenvalue weighted by Gasteiger charge is 2.11. The lowest BCUT2D eigenvalue weighted by Crippen LogP contribution is -1.99. The molecule has 1 N–H and O–H groups in total.